The SMILES string of the molecule is NC(=O)CN(c1ncc(C(=O)O)cc1Cl)C1CCCC1. The number of hydrogen-bond acceptors (Lipinski definition) is 4. The highest BCUT2D eigenvalue weighted by Crippen LogP contribution is 2.31. The molecule has 1 heterocycles. The second kappa shape index (κ2) is 6.09. The van der Waals surface area contributed by atoms with Crippen LogP contribution in [0.1, 0.15) is 36.0 Å². The highest BCUT2D eigenvalue weighted by Gasteiger charge is 2.26. The molecule has 0 saturated heterocycles. The van der Waals surface area contributed by atoms with Crippen molar-refractivity contribution in [2.75, 3.05) is 11.4 Å². The summed E-state index contributed by atoms with van der Waals surface area (Å²) in [5.41, 5.74) is 5.30. The van der Waals surface area contributed by atoms with Crippen molar-refractivity contribution in [1.29, 1.82) is 0 Å². The number of rotatable bonds is 5. The summed E-state index contributed by atoms with van der Waals surface area (Å²) >= 11 is 6.11. The molecule has 20 heavy (non-hydrogen) atoms. The zero-order valence-electron chi connectivity index (χ0n) is 10.9. The molecule has 1 aliphatic carbocycles. The third kappa shape index (κ3) is 3.19. The van der Waals surface area contributed by atoms with Gasteiger partial charge in [-0.2, -0.15) is 0 Å². The standard InChI is InChI=1S/C13H16ClN3O3/c14-10-5-8(13(19)20)6-16-12(10)17(7-11(15)18)9-3-1-2-4-9/h5-6,9H,1-4,7H2,(H2,15,18)(H,19,20). The maximum absolute atomic E-state index is 11.2. The van der Waals surface area contributed by atoms with Gasteiger partial charge in [0.1, 0.15) is 5.82 Å². The van der Waals surface area contributed by atoms with Crippen molar-refractivity contribution in [3.05, 3.63) is 22.8 Å². The Bertz CT molecular complexity index is 530. The van der Waals surface area contributed by atoms with Gasteiger partial charge in [0, 0.05) is 12.2 Å². The number of halogens is 1. The first kappa shape index (κ1) is 14.6. The number of anilines is 1. The summed E-state index contributed by atoms with van der Waals surface area (Å²) in [7, 11) is 0. The highest BCUT2D eigenvalue weighted by atomic mass is 35.5. The first-order valence-corrected chi connectivity index (χ1v) is 6.80. The number of primary amides is 1. The quantitative estimate of drug-likeness (QED) is 0.861. The molecule has 1 amide bonds. The lowest BCUT2D eigenvalue weighted by Gasteiger charge is -2.29. The van der Waals surface area contributed by atoms with Crippen molar-refractivity contribution >= 4 is 29.3 Å². The average molecular weight is 298 g/mol. The molecule has 1 aromatic heterocycles. The van der Waals surface area contributed by atoms with Crippen LogP contribution < -0.4 is 10.6 Å². The van der Waals surface area contributed by atoms with Crippen LogP contribution in [-0.4, -0.2) is 34.6 Å². The molecule has 3 N–H and O–H groups in total. The van der Waals surface area contributed by atoms with Crippen molar-refractivity contribution in [3.8, 4) is 0 Å². The lowest BCUT2D eigenvalue weighted by atomic mass is 10.2. The maximum Gasteiger partial charge on any atom is 0.337 e. The van der Waals surface area contributed by atoms with Crippen molar-refractivity contribution in [1.82, 2.24) is 4.98 Å². The minimum atomic E-state index is -1.09. The number of aromatic nitrogens is 1. The van der Waals surface area contributed by atoms with E-state index in [1.165, 1.54) is 12.3 Å². The maximum atomic E-state index is 11.2. The largest absolute Gasteiger partial charge is 0.478 e. The van der Waals surface area contributed by atoms with Crippen molar-refractivity contribution in [2.24, 2.45) is 5.73 Å². The molecule has 0 radical (unpaired) electrons. The van der Waals surface area contributed by atoms with Crippen LogP contribution in [0.25, 0.3) is 0 Å². The van der Waals surface area contributed by atoms with E-state index < -0.39 is 11.9 Å². The molecule has 0 unspecified atom stereocenters. The fraction of sp³-hybridized carbons (Fsp3) is 0.462. The van der Waals surface area contributed by atoms with Crippen LogP contribution in [-0.2, 0) is 4.79 Å². The minimum absolute atomic E-state index is 0.0178. The van der Waals surface area contributed by atoms with Crippen LogP contribution in [0.2, 0.25) is 5.02 Å². The molecule has 108 valence electrons. The highest BCUT2D eigenvalue weighted by molar-refractivity contribution is 6.33. The van der Waals surface area contributed by atoms with E-state index in [-0.39, 0.29) is 23.2 Å². The topological polar surface area (TPSA) is 96.5 Å². The van der Waals surface area contributed by atoms with Gasteiger partial charge in [0.2, 0.25) is 5.91 Å². The van der Waals surface area contributed by atoms with Crippen molar-refractivity contribution < 1.29 is 14.7 Å². The van der Waals surface area contributed by atoms with E-state index in [4.69, 9.17) is 22.4 Å². The lowest BCUT2D eigenvalue weighted by Crippen LogP contribution is -2.41. The predicted octanol–water partition coefficient (Wildman–Crippen LogP) is 1.67. The van der Waals surface area contributed by atoms with Gasteiger partial charge in [-0.3, -0.25) is 4.79 Å². The Morgan fingerprint density at radius 2 is 2.10 bits per heavy atom. The Hall–Kier alpha value is -1.82. The zero-order valence-corrected chi connectivity index (χ0v) is 11.6. The number of nitrogens with zero attached hydrogens (tertiary/aromatic N) is 2. The number of carboxylic acids is 1. The number of pyridine rings is 1. The van der Waals surface area contributed by atoms with Gasteiger partial charge in [-0.25, -0.2) is 9.78 Å². The van der Waals surface area contributed by atoms with E-state index in [2.05, 4.69) is 4.98 Å². The number of carbonyl (C=O) groups excluding carboxylic acids is 1. The van der Waals surface area contributed by atoms with E-state index in [1.807, 2.05) is 0 Å². The third-order valence-corrected chi connectivity index (χ3v) is 3.71. The number of aromatic carboxylic acids is 1. The van der Waals surface area contributed by atoms with E-state index >= 15 is 0 Å². The number of amides is 1. The summed E-state index contributed by atoms with van der Waals surface area (Å²) in [6.07, 6.45) is 5.32. The fourth-order valence-corrected chi connectivity index (χ4v) is 2.79. The summed E-state index contributed by atoms with van der Waals surface area (Å²) in [6.45, 7) is 0.0316. The Labute approximate surface area is 121 Å². The molecular formula is C13H16ClN3O3. The Balaban J connectivity index is 2.32. The Morgan fingerprint density at radius 1 is 1.45 bits per heavy atom. The second-order valence-electron chi connectivity index (χ2n) is 4.87. The molecule has 1 saturated carbocycles. The van der Waals surface area contributed by atoms with Crippen LogP contribution in [0.15, 0.2) is 12.3 Å². The van der Waals surface area contributed by atoms with Crippen LogP contribution in [0, 0.1) is 0 Å². The molecule has 2 rings (SSSR count). The molecule has 1 aromatic rings. The normalized spacial score (nSPS) is 15.2. The zero-order chi connectivity index (χ0) is 14.7. The van der Waals surface area contributed by atoms with Gasteiger partial charge in [-0.05, 0) is 18.9 Å². The first-order valence-electron chi connectivity index (χ1n) is 6.43. The first-order chi connectivity index (χ1) is 9.49. The second-order valence-corrected chi connectivity index (χ2v) is 5.27. The predicted molar refractivity (Wildman–Crippen MR) is 75.0 cm³/mol. The molecule has 1 fully saturated rings. The van der Waals surface area contributed by atoms with Gasteiger partial charge >= 0.3 is 5.97 Å². The Morgan fingerprint density at radius 3 is 2.60 bits per heavy atom. The van der Waals surface area contributed by atoms with Crippen LogP contribution in [0.4, 0.5) is 5.82 Å². The van der Waals surface area contributed by atoms with E-state index in [0.717, 1.165) is 25.7 Å². The summed E-state index contributed by atoms with van der Waals surface area (Å²) in [5.74, 6) is -1.13. The van der Waals surface area contributed by atoms with Gasteiger partial charge in [0.15, 0.2) is 0 Å². The number of carboxylic acid groups (broad SMARTS) is 1. The molecule has 0 spiro atoms. The van der Waals surface area contributed by atoms with E-state index in [9.17, 15) is 9.59 Å². The number of nitrogens with two attached hydrogens (primary N) is 1. The molecule has 0 bridgehead atoms. The molecule has 6 nitrogen and oxygen atoms in total. The fourth-order valence-electron chi connectivity index (χ4n) is 2.52. The smallest absolute Gasteiger partial charge is 0.337 e. The van der Waals surface area contributed by atoms with Crippen LogP contribution >= 0.6 is 11.6 Å². The van der Waals surface area contributed by atoms with Crippen molar-refractivity contribution in [3.63, 3.8) is 0 Å². The van der Waals surface area contributed by atoms with Crippen LogP contribution in [0.5, 0.6) is 0 Å². The molecule has 0 atom stereocenters. The van der Waals surface area contributed by atoms with E-state index in [1.54, 1.807) is 4.90 Å². The van der Waals surface area contributed by atoms with Gasteiger partial charge in [-0.15, -0.1) is 0 Å². The van der Waals surface area contributed by atoms with Gasteiger partial charge < -0.3 is 15.7 Å². The monoisotopic (exact) mass is 297 g/mol. The molecule has 7 heteroatoms. The average Bonchev–Trinajstić information content (AvgIpc) is 2.89. The van der Waals surface area contributed by atoms with Gasteiger partial charge in [-0.1, -0.05) is 24.4 Å². The molecular weight excluding hydrogens is 282 g/mol. The summed E-state index contributed by atoms with van der Waals surface area (Å²) in [4.78, 5) is 28.0. The van der Waals surface area contributed by atoms with E-state index in [0.29, 0.717) is 5.82 Å². The third-order valence-electron chi connectivity index (χ3n) is 3.43. The van der Waals surface area contributed by atoms with Crippen LogP contribution in [0.3, 0.4) is 0 Å². The number of carbonyl (C=O) groups is 2. The molecule has 1 aliphatic rings. The molecule has 0 aromatic carbocycles. The lowest BCUT2D eigenvalue weighted by molar-refractivity contribution is -0.116. The summed E-state index contributed by atoms with van der Waals surface area (Å²) in [6, 6.07) is 1.51. The number of hydrogen-bond donors (Lipinski definition) is 2. The van der Waals surface area contributed by atoms with Gasteiger partial charge in [0.25, 0.3) is 0 Å². The minimum Gasteiger partial charge on any atom is -0.478 e. The Kier molecular flexibility index (Phi) is 4.44. The van der Waals surface area contributed by atoms with Gasteiger partial charge in [0.05, 0.1) is 17.1 Å². The molecule has 0 aliphatic heterocycles. The summed E-state index contributed by atoms with van der Waals surface area (Å²) in [5, 5.41) is 9.13. The summed E-state index contributed by atoms with van der Waals surface area (Å²) < 4.78 is 0. The van der Waals surface area contributed by atoms with Crippen molar-refractivity contribution in [2.45, 2.75) is 31.7 Å².